The number of amides is 3. The molecule has 0 saturated carbocycles. The molecule has 1 atom stereocenters. The highest BCUT2D eigenvalue weighted by molar-refractivity contribution is 6.01. The molecule has 0 radical (unpaired) electrons. The average molecular weight is 519 g/mol. The number of carbonyl (C=O) groups is 3. The van der Waals surface area contributed by atoms with Crippen LogP contribution in [0.1, 0.15) is 70.8 Å². The highest BCUT2D eigenvalue weighted by Crippen LogP contribution is 2.33. The van der Waals surface area contributed by atoms with Crippen LogP contribution < -0.4 is 10.6 Å². The molecule has 37 heavy (non-hydrogen) atoms. The lowest BCUT2D eigenvalue weighted by atomic mass is 9.86. The quantitative estimate of drug-likeness (QED) is 0.514. The fraction of sp³-hybridized carbons (Fsp3) is 0.667. The van der Waals surface area contributed by atoms with Gasteiger partial charge in [-0.05, 0) is 89.6 Å². The summed E-state index contributed by atoms with van der Waals surface area (Å²) in [7, 11) is 0. The molecule has 10 heteroatoms. The molecule has 3 fully saturated rings. The summed E-state index contributed by atoms with van der Waals surface area (Å²) >= 11 is 0. The van der Waals surface area contributed by atoms with Gasteiger partial charge in [-0.3, -0.25) is 14.9 Å². The van der Waals surface area contributed by atoms with Crippen molar-refractivity contribution in [1.82, 2.24) is 15.1 Å². The van der Waals surface area contributed by atoms with E-state index in [1.54, 1.807) is 17.0 Å². The van der Waals surface area contributed by atoms with Gasteiger partial charge in [0.2, 0.25) is 11.8 Å². The number of ether oxygens (including phenoxy) is 1. The zero-order valence-electron chi connectivity index (χ0n) is 22.0. The molecule has 3 N–H and O–H groups in total. The number of halogens is 1. The number of likely N-dealkylation sites (tertiary alicyclic amines) is 2. The van der Waals surface area contributed by atoms with Crippen LogP contribution in [0.25, 0.3) is 0 Å². The number of carbonyl (C=O) groups excluding carboxylic acids is 3. The van der Waals surface area contributed by atoms with Crippen LogP contribution in [0.2, 0.25) is 0 Å². The number of hydrogen-bond acceptors (Lipinski definition) is 7. The van der Waals surface area contributed by atoms with E-state index < -0.39 is 17.2 Å². The number of nitrogens with one attached hydrogen (secondary N) is 2. The minimum Gasteiger partial charge on any atom is -0.444 e. The maximum absolute atomic E-state index is 15.0. The molecule has 3 aliphatic heterocycles. The third-order valence-corrected chi connectivity index (χ3v) is 7.47. The Morgan fingerprint density at radius 3 is 2.43 bits per heavy atom. The first-order chi connectivity index (χ1) is 17.4. The van der Waals surface area contributed by atoms with E-state index in [2.05, 4.69) is 15.5 Å². The highest BCUT2D eigenvalue weighted by atomic mass is 19.1. The Balaban J connectivity index is 1.25. The number of benzene rings is 1. The molecule has 4 rings (SSSR count). The lowest BCUT2D eigenvalue weighted by Crippen LogP contribution is -2.53. The topological polar surface area (TPSA) is 111 Å². The molecule has 9 nitrogen and oxygen atoms in total. The fourth-order valence-corrected chi connectivity index (χ4v) is 5.39. The zero-order chi connectivity index (χ0) is 26.8. The Morgan fingerprint density at radius 2 is 1.84 bits per heavy atom. The van der Waals surface area contributed by atoms with Crippen molar-refractivity contribution in [3.05, 3.63) is 29.6 Å². The predicted molar refractivity (Wildman–Crippen MR) is 137 cm³/mol. The van der Waals surface area contributed by atoms with Crippen molar-refractivity contribution >= 4 is 23.6 Å². The van der Waals surface area contributed by atoms with Gasteiger partial charge in [0.1, 0.15) is 17.5 Å². The molecule has 3 aliphatic rings. The first-order valence-corrected chi connectivity index (χ1v) is 13.2. The van der Waals surface area contributed by atoms with Crippen LogP contribution >= 0.6 is 0 Å². The van der Waals surface area contributed by atoms with Crippen molar-refractivity contribution in [3.8, 4) is 0 Å². The van der Waals surface area contributed by atoms with Crippen LogP contribution in [0, 0.1) is 5.82 Å². The first-order valence-electron chi connectivity index (χ1n) is 13.2. The van der Waals surface area contributed by atoms with E-state index >= 15 is 0 Å². The van der Waals surface area contributed by atoms with Gasteiger partial charge in [0.05, 0.1) is 5.60 Å². The smallest absolute Gasteiger partial charge is 0.410 e. The van der Waals surface area contributed by atoms with Crippen LogP contribution in [0.3, 0.4) is 0 Å². The van der Waals surface area contributed by atoms with E-state index in [0.717, 1.165) is 25.9 Å². The SMILES string of the molecule is CC(C)(C)OC(=O)N1CCC(O)(CN2CCC(c3ccc(NC4CCC(=O)NC4=O)cc3F)CC2)CC1. The molecule has 1 unspecified atom stereocenters. The van der Waals surface area contributed by atoms with E-state index in [0.29, 0.717) is 50.1 Å². The third-order valence-electron chi connectivity index (χ3n) is 7.47. The second-order valence-electron chi connectivity index (χ2n) is 11.6. The van der Waals surface area contributed by atoms with Crippen LogP contribution in [0.5, 0.6) is 0 Å². The number of nitrogens with zero attached hydrogens (tertiary/aromatic N) is 2. The molecule has 204 valence electrons. The van der Waals surface area contributed by atoms with Crippen molar-refractivity contribution in [2.75, 3.05) is 38.0 Å². The molecule has 0 aliphatic carbocycles. The predicted octanol–water partition coefficient (Wildman–Crippen LogP) is 2.98. The van der Waals surface area contributed by atoms with Crippen molar-refractivity contribution in [1.29, 1.82) is 0 Å². The van der Waals surface area contributed by atoms with E-state index in [9.17, 15) is 23.9 Å². The fourth-order valence-electron chi connectivity index (χ4n) is 5.39. The number of aliphatic hydroxyl groups is 1. The second kappa shape index (κ2) is 10.9. The monoisotopic (exact) mass is 518 g/mol. The Kier molecular flexibility index (Phi) is 8.08. The summed E-state index contributed by atoms with van der Waals surface area (Å²) in [4.78, 5) is 39.5. The van der Waals surface area contributed by atoms with Crippen molar-refractivity contribution < 1.29 is 28.6 Å². The zero-order valence-corrected chi connectivity index (χ0v) is 22.0. The summed E-state index contributed by atoms with van der Waals surface area (Å²) in [6.45, 7) is 8.52. The summed E-state index contributed by atoms with van der Waals surface area (Å²) in [5.74, 6) is -0.881. The Labute approximate surface area is 217 Å². The molecule has 1 aromatic carbocycles. The minimum absolute atomic E-state index is 0.0876. The van der Waals surface area contributed by atoms with Crippen LogP contribution in [0.4, 0.5) is 14.9 Å². The maximum atomic E-state index is 15.0. The van der Waals surface area contributed by atoms with Crippen molar-refractivity contribution in [2.45, 2.75) is 82.5 Å². The van der Waals surface area contributed by atoms with Crippen LogP contribution in [0.15, 0.2) is 18.2 Å². The number of imide groups is 1. The van der Waals surface area contributed by atoms with Crippen LogP contribution in [-0.2, 0) is 14.3 Å². The molecule has 3 saturated heterocycles. The average Bonchev–Trinajstić information content (AvgIpc) is 2.81. The standard InChI is InChI=1S/C27H39FN4O5/c1-26(2,3)37-25(35)32-14-10-27(36,11-15-32)17-31-12-8-18(9-13-31)20-5-4-19(16-21(20)28)29-22-6-7-23(33)30-24(22)34/h4-5,16,18,22,29,36H,6-15,17H2,1-3H3,(H,30,33,34). The maximum Gasteiger partial charge on any atom is 0.410 e. The number of rotatable bonds is 5. The highest BCUT2D eigenvalue weighted by Gasteiger charge is 2.37. The number of hydrogen-bond donors (Lipinski definition) is 3. The van der Waals surface area contributed by atoms with Crippen molar-refractivity contribution in [2.24, 2.45) is 0 Å². The number of anilines is 1. The van der Waals surface area contributed by atoms with Crippen molar-refractivity contribution in [3.63, 3.8) is 0 Å². The van der Waals surface area contributed by atoms with Gasteiger partial charge in [0, 0.05) is 31.7 Å². The van der Waals surface area contributed by atoms with E-state index in [-0.39, 0.29) is 36.1 Å². The van der Waals surface area contributed by atoms with E-state index in [1.165, 1.54) is 6.07 Å². The molecule has 1 aromatic rings. The molecular formula is C27H39FN4O5. The normalized spacial score (nSPS) is 23.5. The summed E-state index contributed by atoms with van der Waals surface area (Å²) in [6.07, 6.45) is 2.90. The van der Waals surface area contributed by atoms with E-state index in [4.69, 9.17) is 4.74 Å². The Morgan fingerprint density at radius 1 is 1.16 bits per heavy atom. The van der Waals surface area contributed by atoms with E-state index in [1.807, 2.05) is 20.8 Å². The van der Waals surface area contributed by atoms with Gasteiger partial charge < -0.3 is 25.0 Å². The van der Waals surface area contributed by atoms with Gasteiger partial charge in [0.15, 0.2) is 0 Å². The number of piperidine rings is 3. The summed E-state index contributed by atoms with van der Waals surface area (Å²) < 4.78 is 20.4. The third kappa shape index (κ3) is 7.19. The van der Waals surface area contributed by atoms with Gasteiger partial charge in [-0.1, -0.05) is 6.07 Å². The second-order valence-corrected chi connectivity index (χ2v) is 11.6. The summed E-state index contributed by atoms with van der Waals surface area (Å²) in [5, 5.41) is 16.5. The molecule has 0 bridgehead atoms. The summed E-state index contributed by atoms with van der Waals surface area (Å²) in [6, 6.07) is 4.44. The van der Waals surface area contributed by atoms with Gasteiger partial charge >= 0.3 is 6.09 Å². The number of β-amino-alcohol motifs (C(OH)–C–C–N with tert-alkyl or cyclic N) is 1. The summed E-state index contributed by atoms with van der Waals surface area (Å²) in [5.41, 5.74) is -0.204. The molecule has 3 amide bonds. The van der Waals surface area contributed by atoms with Crippen LogP contribution in [-0.4, -0.2) is 82.8 Å². The molecule has 3 heterocycles. The first kappa shape index (κ1) is 27.3. The van der Waals surface area contributed by atoms with Gasteiger partial charge in [0.25, 0.3) is 0 Å². The van der Waals surface area contributed by atoms with Gasteiger partial charge in [-0.15, -0.1) is 0 Å². The Bertz CT molecular complexity index is 1010. The molecule has 0 aromatic heterocycles. The minimum atomic E-state index is -0.847. The lowest BCUT2D eigenvalue weighted by Gasteiger charge is -2.42. The van der Waals surface area contributed by atoms with Gasteiger partial charge in [-0.25, -0.2) is 9.18 Å². The molecule has 0 spiro atoms. The molecular weight excluding hydrogens is 479 g/mol. The van der Waals surface area contributed by atoms with Gasteiger partial charge in [-0.2, -0.15) is 0 Å². The Hall–Kier alpha value is -2.72. The largest absolute Gasteiger partial charge is 0.444 e. The lowest BCUT2D eigenvalue weighted by molar-refractivity contribution is -0.133.